The van der Waals surface area contributed by atoms with Crippen molar-refractivity contribution in [3.63, 3.8) is 0 Å². The first-order valence-electron chi connectivity index (χ1n) is 6.29. The van der Waals surface area contributed by atoms with Crippen LogP contribution in [0.4, 0.5) is 5.13 Å². The summed E-state index contributed by atoms with van der Waals surface area (Å²) < 4.78 is 0. The maximum absolute atomic E-state index is 8.77. The van der Waals surface area contributed by atoms with E-state index in [0.29, 0.717) is 4.88 Å². The molecule has 1 aliphatic rings. The molecule has 1 saturated heterocycles. The van der Waals surface area contributed by atoms with E-state index >= 15 is 0 Å². The van der Waals surface area contributed by atoms with Gasteiger partial charge in [0.15, 0.2) is 5.13 Å². The lowest BCUT2D eigenvalue weighted by atomic mass is 9.78. The second-order valence-corrected chi connectivity index (χ2v) is 6.76. The molecule has 1 atom stereocenters. The molecule has 0 radical (unpaired) electrons. The third-order valence-corrected chi connectivity index (χ3v) is 4.67. The summed E-state index contributed by atoms with van der Waals surface area (Å²) in [7, 11) is 2.18. The second kappa shape index (κ2) is 5.25. The van der Waals surface area contributed by atoms with Gasteiger partial charge in [-0.25, -0.2) is 4.98 Å². The molecule has 1 aromatic rings. The first-order valence-corrected chi connectivity index (χ1v) is 7.11. The number of nitriles is 1. The van der Waals surface area contributed by atoms with Crippen LogP contribution in [-0.2, 0) is 0 Å². The van der Waals surface area contributed by atoms with Crippen LogP contribution in [0.5, 0.6) is 0 Å². The molecule has 98 valence electrons. The fourth-order valence-corrected chi connectivity index (χ4v) is 3.04. The van der Waals surface area contributed by atoms with Gasteiger partial charge in [-0.15, -0.1) is 0 Å². The highest BCUT2D eigenvalue weighted by molar-refractivity contribution is 7.16. The Morgan fingerprint density at radius 2 is 2.44 bits per heavy atom. The van der Waals surface area contributed by atoms with Gasteiger partial charge in [-0.3, -0.25) is 0 Å². The van der Waals surface area contributed by atoms with Crippen LogP contribution in [0.3, 0.4) is 0 Å². The van der Waals surface area contributed by atoms with Gasteiger partial charge in [0.2, 0.25) is 0 Å². The fourth-order valence-electron chi connectivity index (χ4n) is 2.43. The van der Waals surface area contributed by atoms with Gasteiger partial charge in [0.1, 0.15) is 10.9 Å². The minimum Gasteiger partial charge on any atom is -0.361 e. The lowest BCUT2D eigenvalue weighted by molar-refractivity contribution is 0.231. The van der Waals surface area contributed by atoms with Gasteiger partial charge >= 0.3 is 0 Å². The lowest BCUT2D eigenvalue weighted by Crippen LogP contribution is -2.33. The molecule has 2 rings (SSSR count). The second-order valence-electron chi connectivity index (χ2n) is 5.73. The molecule has 1 fully saturated rings. The van der Waals surface area contributed by atoms with E-state index in [1.807, 2.05) is 0 Å². The van der Waals surface area contributed by atoms with Crippen molar-refractivity contribution < 1.29 is 0 Å². The monoisotopic (exact) mass is 264 g/mol. The molecule has 0 bridgehead atoms. The summed E-state index contributed by atoms with van der Waals surface area (Å²) in [5, 5.41) is 13.0. The summed E-state index contributed by atoms with van der Waals surface area (Å²) in [5.74, 6) is 0.727. The average molecular weight is 264 g/mol. The summed E-state index contributed by atoms with van der Waals surface area (Å²) in [6.45, 7) is 7.90. The van der Waals surface area contributed by atoms with E-state index in [0.717, 1.165) is 17.6 Å². The number of thiazole rings is 1. The summed E-state index contributed by atoms with van der Waals surface area (Å²) in [6, 6.07) is 2.11. The average Bonchev–Trinajstić information content (AvgIpc) is 2.95. The van der Waals surface area contributed by atoms with Gasteiger partial charge in [-0.2, -0.15) is 5.26 Å². The summed E-state index contributed by atoms with van der Waals surface area (Å²) in [4.78, 5) is 7.26. The van der Waals surface area contributed by atoms with Crippen LogP contribution in [0.25, 0.3) is 0 Å². The Labute approximate surface area is 113 Å². The largest absolute Gasteiger partial charge is 0.361 e. The Morgan fingerprint density at radius 1 is 1.67 bits per heavy atom. The van der Waals surface area contributed by atoms with Crippen LogP contribution >= 0.6 is 11.3 Å². The van der Waals surface area contributed by atoms with Crippen molar-refractivity contribution in [2.45, 2.75) is 20.3 Å². The molecule has 0 amide bonds. The standard InChI is InChI=1S/C13H20N4S/c1-13(2,10-4-5-17(3)8-10)9-16-12-15-7-11(6-14)18-12/h7,10H,4-5,8-9H2,1-3H3,(H,15,16). The summed E-state index contributed by atoms with van der Waals surface area (Å²) in [6.07, 6.45) is 2.90. The van der Waals surface area contributed by atoms with E-state index in [1.54, 1.807) is 6.20 Å². The van der Waals surface area contributed by atoms with Crippen molar-refractivity contribution >= 4 is 16.5 Å². The van der Waals surface area contributed by atoms with Crippen molar-refractivity contribution in [1.29, 1.82) is 5.26 Å². The van der Waals surface area contributed by atoms with Crippen molar-refractivity contribution in [2.24, 2.45) is 11.3 Å². The van der Waals surface area contributed by atoms with E-state index < -0.39 is 0 Å². The SMILES string of the molecule is CN1CCC(C(C)(C)CNc2ncc(C#N)s2)C1. The number of nitrogens with one attached hydrogen (secondary N) is 1. The molecule has 5 heteroatoms. The minimum atomic E-state index is 0.253. The predicted octanol–water partition coefficient (Wildman–Crippen LogP) is 2.40. The van der Waals surface area contributed by atoms with Crippen LogP contribution in [-0.4, -0.2) is 36.6 Å². The van der Waals surface area contributed by atoms with Gasteiger partial charge < -0.3 is 10.2 Å². The van der Waals surface area contributed by atoms with Crippen molar-refractivity contribution in [3.8, 4) is 6.07 Å². The smallest absolute Gasteiger partial charge is 0.183 e. The van der Waals surface area contributed by atoms with Gasteiger partial charge in [-0.05, 0) is 31.3 Å². The van der Waals surface area contributed by atoms with Crippen LogP contribution in [0.2, 0.25) is 0 Å². The number of hydrogen-bond acceptors (Lipinski definition) is 5. The maximum Gasteiger partial charge on any atom is 0.183 e. The van der Waals surface area contributed by atoms with Crippen molar-refractivity contribution in [3.05, 3.63) is 11.1 Å². The number of nitrogens with zero attached hydrogens (tertiary/aromatic N) is 3. The molecule has 4 nitrogen and oxygen atoms in total. The zero-order valence-electron chi connectivity index (χ0n) is 11.2. The van der Waals surface area contributed by atoms with Gasteiger partial charge in [0, 0.05) is 13.1 Å². The van der Waals surface area contributed by atoms with Gasteiger partial charge in [-0.1, -0.05) is 25.2 Å². The molecule has 18 heavy (non-hydrogen) atoms. The lowest BCUT2D eigenvalue weighted by Gasteiger charge is -2.31. The number of aromatic nitrogens is 1. The van der Waals surface area contributed by atoms with Crippen molar-refractivity contribution in [2.75, 3.05) is 32.0 Å². The molecular weight excluding hydrogens is 244 g/mol. The highest BCUT2D eigenvalue weighted by Gasteiger charge is 2.33. The van der Waals surface area contributed by atoms with E-state index in [1.165, 1.54) is 30.8 Å². The van der Waals surface area contributed by atoms with E-state index in [4.69, 9.17) is 5.26 Å². The molecule has 0 spiro atoms. The van der Waals surface area contributed by atoms with Crippen LogP contribution in [0.15, 0.2) is 6.20 Å². The predicted molar refractivity (Wildman–Crippen MR) is 74.7 cm³/mol. The van der Waals surface area contributed by atoms with Crippen LogP contribution < -0.4 is 5.32 Å². The Bertz CT molecular complexity index is 446. The molecule has 0 aromatic carbocycles. The molecule has 0 saturated carbocycles. The maximum atomic E-state index is 8.77. The Kier molecular flexibility index (Phi) is 3.88. The summed E-state index contributed by atoms with van der Waals surface area (Å²) in [5.41, 5.74) is 0.253. The van der Waals surface area contributed by atoms with Crippen molar-refractivity contribution in [1.82, 2.24) is 9.88 Å². The Morgan fingerprint density at radius 3 is 3.00 bits per heavy atom. The highest BCUT2D eigenvalue weighted by atomic mass is 32.1. The Hall–Kier alpha value is -1.12. The first kappa shape index (κ1) is 13.3. The Balaban J connectivity index is 1.90. The zero-order chi connectivity index (χ0) is 13.2. The number of hydrogen-bond donors (Lipinski definition) is 1. The third kappa shape index (κ3) is 3.01. The zero-order valence-corrected chi connectivity index (χ0v) is 12.0. The molecule has 2 heterocycles. The molecule has 1 N–H and O–H groups in total. The number of likely N-dealkylation sites (tertiary alicyclic amines) is 1. The molecule has 0 aliphatic carbocycles. The minimum absolute atomic E-state index is 0.253. The highest BCUT2D eigenvalue weighted by Crippen LogP contribution is 2.34. The van der Waals surface area contributed by atoms with Gasteiger partial charge in [0.05, 0.1) is 6.20 Å². The number of anilines is 1. The van der Waals surface area contributed by atoms with Crippen LogP contribution in [0.1, 0.15) is 25.1 Å². The third-order valence-electron chi connectivity index (χ3n) is 3.81. The summed E-state index contributed by atoms with van der Waals surface area (Å²) >= 11 is 1.42. The molecule has 1 aliphatic heterocycles. The first-order chi connectivity index (χ1) is 8.51. The van der Waals surface area contributed by atoms with Gasteiger partial charge in [0.25, 0.3) is 0 Å². The normalized spacial score (nSPS) is 20.9. The topological polar surface area (TPSA) is 52.0 Å². The fraction of sp³-hybridized carbons (Fsp3) is 0.692. The molecular formula is C13H20N4S. The van der Waals surface area contributed by atoms with E-state index in [-0.39, 0.29) is 5.41 Å². The number of rotatable bonds is 4. The van der Waals surface area contributed by atoms with E-state index in [9.17, 15) is 0 Å². The van der Waals surface area contributed by atoms with Crippen LogP contribution in [0, 0.1) is 22.7 Å². The molecule has 1 aromatic heterocycles. The molecule has 1 unspecified atom stereocenters. The van der Waals surface area contributed by atoms with E-state index in [2.05, 4.69) is 42.2 Å². The quantitative estimate of drug-likeness (QED) is 0.907.